The van der Waals surface area contributed by atoms with Gasteiger partial charge in [-0.3, -0.25) is 9.69 Å². The lowest BCUT2D eigenvalue weighted by atomic mass is 10.1. The molecule has 0 N–H and O–H groups in total. The number of carbonyl (C=O) groups excluding carboxylic acids is 1. The molecule has 0 saturated carbocycles. The maximum absolute atomic E-state index is 12.8. The van der Waals surface area contributed by atoms with Crippen LogP contribution in [0.15, 0.2) is 33.7 Å². The summed E-state index contributed by atoms with van der Waals surface area (Å²) in [6, 6.07) is 7.49. The molecule has 26 heavy (non-hydrogen) atoms. The van der Waals surface area contributed by atoms with Crippen molar-refractivity contribution >= 4 is 15.8 Å². The van der Waals surface area contributed by atoms with Crippen LogP contribution in [-0.2, 0) is 10.0 Å². The van der Waals surface area contributed by atoms with Crippen LogP contribution in [0.5, 0.6) is 0 Å². The van der Waals surface area contributed by atoms with E-state index in [0.29, 0.717) is 49.7 Å². The van der Waals surface area contributed by atoms with Crippen molar-refractivity contribution in [2.75, 3.05) is 32.7 Å². The zero-order chi connectivity index (χ0) is 18.9. The van der Waals surface area contributed by atoms with E-state index in [1.54, 1.807) is 13.8 Å². The lowest BCUT2D eigenvalue weighted by Crippen LogP contribution is -2.49. The van der Waals surface area contributed by atoms with Crippen molar-refractivity contribution in [2.45, 2.75) is 25.7 Å². The van der Waals surface area contributed by atoms with Gasteiger partial charge in [0.05, 0.1) is 6.54 Å². The summed E-state index contributed by atoms with van der Waals surface area (Å²) in [4.78, 5) is 14.5. The predicted molar refractivity (Wildman–Crippen MR) is 96.7 cm³/mol. The summed E-state index contributed by atoms with van der Waals surface area (Å²) in [5.41, 5.74) is 2.17. The van der Waals surface area contributed by atoms with Gasteiger partial charge in [-0.25, -0.2) is 8.42 Å². The average Bonchev–Trinajstić information content (AvgIpc) is 2.95. The molecule has 1 aromatic heterocycles. The van der Waals surface area contributed by atoms with Crippen LogP contribution < -0.4 is 0 Å². The fourth-order valence-electron chi connectivity index (χ4n) is 3.13. The smallest absolute Gasteiger partial charge is 0.248 e. The molecule has 0 radical (unpaired) electrons. The van der Waals surface area contributed by atoms with Crippen LogP contribution in [0.25, 0.3) is 0 Å². The highest BCUT2D eigenvalue weighted by atomic mass is 32.2. The molecule has 1 fully saturated rings. The molecular formula is C18H23N3O4S. The molecule has 8 heteroatoms. The summed E-state index contributed by atoms with van der Waals surface area (Å²) >= 11 is 0. The summed E-state index contributed by atoms with van der Waals surface area (Å²) in [7, 11) is -3.62. The third-order valence-corrected chi connectivity index (χ3v) is 6.78. The average molecular weight is 377 g/mol. The number of piperazine rings is 1. The van der Waals surface area contributed by atoms with E-state index in [1.165, 1.54) is 4.31 Å². The van der Waals surface area contributed by atoms with E-state index >= 15 is 0 Å². The molecule has 1 aliphatic rings. The van der Waals surface area contributed by atoms with Crippen LogP contribution in [0.1, 0.15) is 27.4 Å². The predicted octanol–water partition coefficient (Wildman–Crippen LogP) is 1.79. The molecule has 0 bridgehead atoms. The molecule has 1 saturated heterocycles. The molecule has 0 spiro atoms. The van der Waals surface area contributed by atoms with Gasteiger partial charge in [-0.15, -0.1) is 0 Å². The van der Waals surface area contributed by atoms with Crippen molar-refractivity contribution in [3.05, 3.63) is 46.8 Å². The topological polar surface area (TPSA) is 83.7 Å². The van der Waals surface area contributed by atoms with E-state index in [4.69, 9.17) is 4.52 Å². The number of hydrogen-bond acceptors (Lipinski definition) is 6. The first-order chi connectivity index (χ1) is 12.3. The summed E-state index contributed by atoms with van der Waals surface area (Å²) in [6.45, 7) is 7.21. The highest BCUT2D eigenvalue weighted by Gasteiger charge is 2.33. The van der Waals surface area contributed by atoms with Crippen molar-refractivity contribution < 1.29 is 17.7 Å². The number of carbonyl (C=O) groups is 1. The molecule has 2 heterocycles. The number of aryl methyl sites for hydroxylation is 3. The Labute approximate surface area is 153 Å². The number of rotatable bonds is 5. The molecule has 0 amide bonds. The maximum atomic E-state index is 12.8. The number of aromatic nitrogens is 1. The van der Waals surface area contributed by atoms with E-state index in [-0.39, 0.29) is 10.7 Å². The van der Waals surface area contributed by atoms with E-state index in [1.807, 2.05) is 36.1 Å². The summed E-state index contributed by atoms with van der Waals surface area (Å²) in [6.07, 6.45) is 0. The summed E-state index contributed by atoms with van der Waals surface area (Å²) < 4.78 is 32.1. The first-order valence-corrected chi connectivity index (χ1v) is 9.98. The first kappa shape index (κ1) is 18.8. The number of Topliss-reactive ketones (excluding diaryl/α,β-unsaturated/α-hetero) is 1. The van der Waals surface area contributed by atoms with Crippen LogP contribution in [0.2, 0.25) is 0 Å². The third kappa shape index (κ3) is 3.72. The molecule has 0 unspecified atom stereocenters. The molecule has 140 valence electrons. The third-order valence-electron chi connectivity index (χ3n) is 4.64. The fraction of sp³-hybridized carbons (Fsp3) is 0.444. The van der Waals surface area contributed by atoms with Crippen LogP contribution >= 0.6 is 0 Å². The molecule has 0 aliphatic carbocycles. The lowest BCUT2D eigenvalue weighted by molar-refractivity contribution is 0.0901. The molecule has 0 atom stereocenters. The second-order valence-corrected chi connectivity index (χ2v) is 8.50. The van der Waals surface area contributed by atoms with Gasteiger partial charge in [0.15, 0.2) is 11.5 Å². The van der Waals surface area contributed by atoms with Gasteiger partial charge in [-0.1, -0.05) is 35.0 Å². The molecule has 2 aromatic rings. The van der Waals surface area contributed by atoms with Crippen molar-refractivity contribution in [1.82, 2.24) is 14.4 Å². The highest BCUT2D eigenvalue weighted by molar-refractivity contribution is 7.89. The maximum Gasteiger partial charge on any atom is 0.248 e. The largest absolute Gasteiger partial charge is 0.360 e. The van der Waals surface area contributed by atoms with Gasteiger partial charge in [-0.05, 0) is 20.8 Å². The number of benzene rings is 1. The molecular weight excluding hydrogens is 354 g/mol. The van der Waals surface area contributed by atoms with Crippen molar-refractivity contribution in [3.8, 4) is 0 Å². The Morgan fingerprint density at radius 3 is 2.23 bits per heavy atom. The van der Waals surface area contributed by atoms with Crippen LogP contribution in [0.3, 0.4) is 0 Å². The Kier molecular flexibility index (Phi) is 5.27. The van der Waals surface area contributed by atoms with Gasteiger partial charge in [0.1, 0.15) is 10.6 Å². The zero-order valence-electron chi connectivity index (χ0n) is 15.2. The van der Waals surface area contributed by atoms with E-state index in [0.717, 1.165) is 5.56 Å². The van der Waals surface area contributed by atoms with Gasteiger partial charge in [0.2, 0.25) is 10.0 Å². The standard InChI is InChI=1S/C18H23N3O4S/c1-13-4-6-16(7-5-13)17(22)12-20-8-10-21(11-9-20)26(23,24)18-14(2)19-25-15(18)3/h4-7H,8-12H2,1-3H3. The van der Waals surface area contributed by atoms with Gasteiger partial charge in [0, 0.05) is 31.7 Å². The van der Waals surface area contributed by atoms with Gasteiger partial charge in [0.25, 0.3) is 0 Å². The Balaban J connectivity index is 1.62. The highest BCUT2D eigenvalue weighted by Crippen LogP contribution is 2.24. The number of sulfonamides is 1. The van der Waals surface area contributed by atoms with Crippen LogP contribution in [-0.4, -0.2) is 61.3 Å². The number of hydrogen-bond donors (Lipinski definition) is 0. The van der Waals surface area contributed by atoms with Gasteiger partial charge < -0.3 is 4.52 Å². The van der Waals surface area contributed by atoms with E-state index < -0.39 is 10.0 Å². The normalized spacial score (nSPS) is 16.7. The molecule has 1 aliphatic heterocycles. The van der Waals surface area contributed by atoms with Crippen molar-refractivity contribution in [1.29, 1.82) is 0 Å². The zero-order valence-corrected chi connectivity index (χ0v) is 16.0. The number of nitrogens with zero attached hydrogens (tertiary/aromatic N) is 3. The minimum Gasteiger partial charge on any atom is -0.360 e. The molecule has 3 rings (SSSR count). The lowest BCUT2D eigenvalue weighted by Gasteiger charge is -2.33. The van der Waals surface area contributed by atoms with Crippen molar-refractivity contribution in [2.24, 2.45) is 0 Å². The summed E-state index contributed by atoms with van der Waals surface area (Å²) in [5, 5.41) is 3.74. The van der Waals surface area contributed by atoms with E-state index in [9.17, 15) is 13.2 Å². The van der Waals surface area contributed by atoms with E-state index in [2.05, 4.69) is 5.16 Å². The fourth-order valence-corrected chi connectivity index (χ4v) is 4.85. The van der Waals surface area contributed by atoms with Gasteiger partial charge >= 0.3 is 0 Å². The Hall–Kier alpha value is -2.03. The van der Waals surface area contributed by atoms with Crippen LogP contribution in [0.4, 0.5) is 0 Å². The van der Waals surface area contributed by atoms with Gasteiger partial charge in [-0.2, -0.15) is 4.31 Å². The minimum atomic E-state index is -3.62. The Morgan fingerprint density at radius 2 is 1.69 bits per heavy atom. The SMILES string of the molecule is Cc1ccc(C(=O)CN2CCN(S(=O)(=O)c3c(C)noc3C)CC2)cc1. The summed E-state index contributed by atoms with van der Waals surface area (Å²) in [5.74, 6) is 0.353. The first-order valence-electron chi connectivity index (χ1n) is 8.54. The number of ketones is 1. The quantitative estimate of drug-likeness (QED) is 0.739. The Bertz CT molecular complexity index is 876. The Morgan fingerprint density at radius 1 is 1.08 bits per heavy atom. The van der Waals surface area contributed by atoms with Crippen molar-refractivity contribution in [3.63, 3.8) is 0 Å². The monoisotopic (exact) mass is 377 g/mol. The second kappa shape index (κ2) is 7.30. The minimum absolute atomic E-state index is 0.0482. The second-order valence-electron chi connectivity index (χ2n) is 6.62. The molecule has 7 nitrogen and oxygen atoms in total. The van der Waals surface area contributed by atoms with Crippen LogP contribution in [0, 0.1) is 20.8 Å². The molecule has 1 aromatic carbocycles.